The molecule has 1 atom stereocenters. The molecule has 0 unspecified atom stereocenters. The van der Waals surface area contributed by atoms with Crippen molar-refractivity contribution in [3.05, 3.63) is 51.6 Å². The van der Waals surface area contributed by atoms with E-state index in [1.54, 1.807) is 0 Å². The van der Waals surface area contributed by atoms with Crippen LogP contribution >= 0.6 is 0 Å². The van der Waals surface area contributed by atoms with Crippen LogP contribution in [0.1, 0.15) is 57.1 Å². The molecule has 1 saturated heterocycles. The SMILES string of the molecule is CCN1CCN([C@H](c2cc3ccc(C)cc3[nH]c2=O)c2nnnn2C(C)(C)CC)CC1. The van der Waals surface area contributed by atoms with Gasteiger partial charge in [-0.15, -0.1) is 5.10 Å². The van der Waals surface area contributed by atoms with Crippen LogP contribution in [-0.2, 0) is 5.54 Å². The molecule has 0 spiro atoms. The number of hydrogen-bond donors (Lipinski definition) is 1. The number of nitrogens with one attached hydrogen (secondary N) is 1. The van der Waals surface area contributed by atoms with Gasteiger partial charge < -0.3 is 9.88 Å². The van der Waals surface area contributed by atoms with Gasteiger partial charge in [0.15, 0.2) is 5.82 Å². The minimum Gasteiger partial charge on any atom is -0.322 e. The van der Waals surface area contributed by atoms with Crippen LogP contribution < -0.4 is 5.56 Å². The molecule has 3 heterocycles. The molecule has 1 fully saturated rings. The minimum absolute atomic E-state index is 0.0788. The first kappa shape index (κ1) is 21.6. The summed E-state index contributed by atoms with van der Waals surface area (Å²) in [5, 5.41) is 13.8. The van der Waals surface area contributed by atoms with E-state index in [9.17, 15) is 4.79 Å². The Labute approximate surface area is 183 Å². The molecule has 3 aromatic rings. The number of benzene rings is 1. The number of aromatic amines is 1. The van der Waals surface area contributed by atoms with Crippen molar-refractivity contribution < 1.29 is 0 Å². The van der Waals surface area contributed by atoms with Gasteiger partial charge in [-0.05, 0) is 67.2 Å². The second kappa shape index (κ2) is 8.51. The highest BCUT2D eigenvalue weighted by atomic mass is 16.1. The lowest BCUT2D eigenvalue weighted by Crippen LogP contribution is -2.49. The number of tetrazole rings is 1. The molecule has 0 aliphatic carbocycles. The molecule has 1 N–H and O–H groups in total. The first-order valence-corrected chi connectivity index (χ1v) is 11.2. The van der Waals surface area contributed by atoms with Gasteiger partial charge in [-0.25, -0.2) is 4.68 Å². The third kappa shape index (κ3) is 4.14. The molecule has 1 aromatic carbocycles. The van der Waals surface area contributed by atoms with Crippen LogP contribution in [0.2, 0.25) is 0 Å². The molecule has 4 rings (SSSR count). The highest BCUT2D eigenvalue weighted by molar-refractivity contribution is 5.79. The highest BCUT2D eigenvalue weighted by Gasteiger charge is 2.35. The second-order valence-corrected chi connectivity index (χ2v) is 9.13. The van der Waals surface area contributed by atoms with E-state index in [1.165, 1.54) is 0 Å². The molecule has 0 bridgehead atoms. The predicted octanol–water partition coefficient (Wildman–Crippen LogP) is 2.70. The maximum absolute atomic E-state index is 13.3. The summed E-state index contributed by atoms with van der Waals surface area (Å²) >= 11 is 0. The van der Waals surface area contributed by atoms with Crippen LogP contribution in [0.3, 0.4) is 0 Å². The zero-order chi connectivity index (χ0) is 22.2. The smallest absolute Gasteiger partial charge is 0.253 e. The summed E-state index contributed by atoms with van der Waals surface area (Å²) in [5.74, 6) is 0.730. The normalized spacial score (nSPS) is 17.3. The number of rotatable bonds is 6. The molecule has 0 saturated carbocycles. The van der Waals surface area contributed by atoms with Crippen molar-refractivity contribution in [1.29, 1.82) is 0 Å². The van der Waals surface area contributed by atoms with E-state index in [1.807, 2.05) is 23.7 Å². The van der Waals surface area contributed by atoms with Crippen LogP contribution in [0, 0.1) is 6.92 Å². The quantitative estimate of drug-likeness (QED) is 0.656. The lowest BCUT2D eigenvalue weighted by atomic mass is 9.98. The zero-order valence-electron chi connectivity index (χ0n) is 19.2. The lowest BCUT2D eigenvalue weighted by Gasteiger charge is -2.39. The number of piperazine rings is 1. The maximum atomic E-state index is 13.3. The summed E-state index contributed by atoms with van der Waals surface area (Å²) in [5.41, 5.74) is 2.35. The van der Waals surface area contributed by atoms with Gasteiger partial charge in [0, 0.05) is 37.3 Å². The number of likely N-dealkylation sites (N-methyl/N-ethyl adjacent to an activating group) is 1. The Balaban J connectivity index is 1.86. The fraction of sp³-hybridized carbons (Fsp3) is 0.565. The molecule has 31 heavy (non-hydrogen) atoms. The Hall–Kier alpha value is -2.58. The molecule has 2 aromatic heterocycles. The van der Waals surface area contributed by atoms with Crippen molar-refractivity contribution in [3.63, 3.8) is 0 Å². The maximum Gasteiger partial charge on any atom is 0.253 e. The molecule has 8 heteroatoms. The third-order valence-corrected chi connectivity index (χ3v) is 6.72. The Morgan fingerprint density at radius 1 is 1.13 bits per heavy atom. The Kier molecular flexibility index (Phi) is 5.94. The lowest BCUT2D eigenvalue weighted by molar-refractivity contribution is 0.105. The van der Waals surface area contributed by atoms with Gasteiger partial charge >= 0.3 is 0 Å². The number of aryl methyl sites for hydroxylation is 1. The van der Waals surface area contributed by atoms with Gasteiger partial charge in [0.05, 0.1) is 5.54 Å². The molecule has 0 radical (unpaired) electrons. The van der Waals surface area contributed by atoms with E-state index in [-0.39, 0.29) is 17.1 Å². The number of H-pyrrole nitrogens is 1. The minimum atomic E-state index is -0.297. The Morgan fingerprint density at radius 2 is 1.87 bits per heavy atom. The average molecular weight is 424 g/mol. The molecular weight excluding hydrogens is 390 g/mol. The van der Waals surface area contributed by atoms with Gasteiger partial charge in [0.1, 0.15) is 6.04 Å². The van der Waals surface area contributed by atoms with Gasteiger partial charge in [0.25, 0.3) is 5.56 Å². The monoisotopic (exact) mass is 423 g/mol. The number of pyridine rings is 1. The second-order valence-electron chi connectivity index (χ2n) is 9.13. The Morgan fingerprint density at radius 3 is 2.55 bits per heavy atom. The molecule has 1 aliphatic rings. The van der Waals surface area contributed by atoms with E-state index < -0.39 is 0 Å². The van der Waals surface area contributed by atoms with Crippen molar-refractivity contribution in [2.45, 2.75) is 52.6 Å². The summed E-state index contributed by atoms with van der Waals surface area (Å²) < 4.78 is 1.91. The number of aromatic nitrogens is 5. The van der Waals surface area contributed by atoms with Gasteiger partial charge in [-0.3, -0.25) is 9.69 Å². The predicted molar refractivity (Wildman–Crippen MR) is 122 cm³/mol. The third-order valence-electron chi connectivity index (χ3n) is 6.72. The molecule has 1 aliphatic heterocycles. The summed E-state index contributed by atoms with van der Waals surface area (Å²) in [7, 11) is 0. The van der Waals surface area contributed by atoms with Gasteiger partial charge in [-0.1, -0.05) is 26.0 Å². The largest absolute Gasteiger partial charge is 0.322 e. The van der Waals surface area contributed by atoms with E-state index in [0.717, 1.165) is 61.4 Å². The molecule has 166 valence electrons. The fourth-order valence-electron chi connectivity index (χ4n) is 4.32. The van der Waals surface area contributed by atoms with Crippen LogP contribution in [0.25, 0.3) is 10.9 Å². The van der Waals surface area contributed by atoms with E-state index in [0.29, 0.717) is 5.56 Å². The van der Waals surface area contributed by atoms with E-state index in [4.69, 9.17) is 0 Å². The van der Waals surface area contributed by atoms with Crippen LogP contribution in [0.5, 0.6) is 0 Å². The number of hydrogen-bond acceptors (Lipinski definition) is 6. The van der Waals surface area contributed by atoms with Crippen LogP contribution in [0.15, 0.2) is 29.1 Å². The molecule has 8 nitrogen and oxygen atoms in total. The summed E-state index contributed by atoms with van der Waals surface area (Å²) in [6, 6.07) is 7.87. The first-order valence-electron chi connectivity index (χ1n) is 11.2. The Bertz CT molecular complexity index is 1110. The summed E-state index contributed by atoms with van der Waals surface area (Å²) in [6.45, 7) is 15.3. The number of fused-ring (bicyclic) bond motifs is 1. The highest BCUT2D eigenvalue weighted by Crippen LogP contribution is 2.31. The fourth-order valence-corrected chi connectivity index (χ4v) is 4.32. The van der Waals surface area contributed by atoms with Crippen molar-refractivity contribution in [2.75, 3.05) is 32.7 Å². The first-order chi connectivity index (χ1) is 14.8. The van der Waals surface area contributed by atoms with E-state index >= 15 is 0 Å². The standard InChI is InChI=1S/C23H33N7O/c1-6-23(4,5)30-21(25-26-27-30)20(29-12-10-28(7-2)11-13-29)18-15-17-9-8-16(3)14-19(17)24-22(18)31/h8-9,14-15,20H,6-7,10-13H2,1-5H3,(H,24,31)/t20-/m1/s1. The van der Waals surface area contributed by atoms with Crippen LogP contribution in [-0.4, -0.2) is 67.7 Å². The van der Waals surface area contributed by atoms with Gasteiger partial charge in [-0.2, -0.15) is 0 Å². The molecular formula is C23H33N7O. The van der Waals surface area contributed by atoms with Crippen molar-refractivity contribution in [3.8, 4) is 0 Å². The van der Waals surface area contributed by atoms with E-state index in [2.05, 4.69) is 70.1 Å². The summed E-state index contributed by atoms with van der Waals surface area (Å²) in [6.07, 6.45) is 0.884. The van der Waals surface area contributed by atoms with Crippen molar-refractivity contribution >= 4 is 10.9 Å². The average Bonchev–Trinajstić information content (AvgIpc) is 3.25. The summed E-state index contributed by atoms with van der Waals surface area (Å²) in [4.78, 5) is 21.2. The zero-order valence-corrected chi connectivity index (χ0v) is 19.2. The molecule has 0 amide bonds. The van der Waals surface area contributed by atoms with Crippen molar-refractivity contribution in [2.24, 2.45) is 0 Å². The van der Waals surface area contributed by atoms with Crippen LogP contribution in [0.4, 0.5) is 0 Å². The topological polar surface area (TPSA) is 82.9 Å². The number of nitrogens with zero attached hydrogens (tertiary/aromatic N) is 6. The van der Waals surface area contributed by atoms with Crippen molar-refractivity contribution in [1.82, 2.24) is 35.0 Å². The van der Waals surface area contributed by atoms with Gasteiger partial charge in [0.2, 0.25) is 0 Å².